The van der Waals surface area contributed by atoms with Gasteiger partial charge in [-0.15, -0.1) is 0 Å². The minimum atomic E-state index is -0.613. The molecule has 0 amide bonds. The second-order valence-electron chi connectivity index (χ2n) is 13.0. The number of unbranched alkanes of at least 4 members (excludes halogenated alkanes) is 9. The molecule has 0 aromatic heterocycles. The molecule has 0 spiro atoms. The van der Waals surface area contributed by atoms with Crippen molar-refractivity contribution in [3.8, 4) is 0 Å². The van der Waals surface area contributed by atoms with Gasteiger partial charge in [0.05, 0.1) is 36.5 Å². The molecule has 0 saturated heterocycles. The van der Waals surface area contributed by atoms with Gasteiger partial charge >= 0.3 is 17.9 Å². The number of esters is 3. The highest BCUT2D eigenvalue weighted by Gasteiger charge is 2.22. The molecule has 1 aromatic rings. The Labute approximate surface area is 256 Å². The summed E-state index contributed by atoms with van der Waals surface area (Å²) in [4.78, 5) is 38.7. The molecule has 0 fully saturated rings. The van der Waals surface area contributed by atoms with E-state index >= 15 is 0 Å². The molecule has 1 aromatic carbocycles. The van der Waals surface area contributed by atoms with E-state index in [0.29, 0.717) is 31.0 Å². The van der Waals surface area contributed by atoms with Crippen LogP contribution in [0.4, 0.5) is 0 Å². The van der Waals surface area contributed by atoms with Gasteiger partial charge in [-0.1, -0.05) is 119 Å². The first-order valence-electron chi connectivity index (χ1n) is 16.8. The minimum Gasteiger partial charge on any atom is -0.462 e. The molecule has 0 N–H and O–H groups in total. The van der Waals surface area contributed by atoms with Crippen molar-refractivity contribution in [1.82, 2.24) is 0 Å². The zero-order chi connectivity index (χ0) is 31.2. The van der Waals surface area contributed by atoms with Gasteiger partial charge in [-0.3, -0.25) is 0 Å². The van der Waals surface area contributed by atoms with E-state index in [9.17, 15) is 14.4 Å². The Kier molecular flexibility index (Phi) is 20.7. The minimum absolute atomic E-state index is 0.0554. The predicted octanol–water partition coefficient (Wildman–Crippen LogP) is 9.98. The molecule has 6 heteroatoms. The molecule has 240 valence electrons. The van der Waals surface area contributed by atoms with Gasteiger partial charge in [-0.05, 0) is 55.2 Å². The van der Waals surface area contributed by atoms with Crippen molar-refractivity contribution in [1.29, 1.82) is 0 Å². The number of ether oxygens (including phenoxy) is 3. The first-order valence-corrected chi connectivity index (χ1v) is 16.8. The summed E-state index contributed by atoms with van der Waals surface area (Å²) in [5.74, 6) is 0.415. The van der Waals surface area contributed by atoms with Crippen molar-refractivity contribution in [3.63, 3.8) is 0 Å². The third-order valence-electron chi connectivity index (χ3n) is 7.42. The molecule has 0 bridgehead atoms. The monoisotopic (exact) mass is 588 g/mol. The molecule has 0 aliphatic rings. The summed E-state index contributed by atoms with van der Waals surface area (Å²) in [7, 11) is 0. The number of rotatable bonds is 24. The normalized spacial score (nSPS) is 11.4. The zero-order valence-electron chi connectivity index (χ0n) is 27.6. The lowest BCUT2D eigenvalue weighted by molar-refractivity contribution is 0.0447. The van der Waals surface area contributed by atoms with Crippen LogP contribution in [0.5, 0.6) is 0 Å². The Morgan fingerprint density at radius 3 is 1.24 bits per heavy atom. The molecular formula is C36H60O6. The van der Waals surface area contributed by atoms with Gasteiger partial charge in [0.25, 0.3) is 0 Å². The van der Waals surface area contributed by atoms with Crippen LogP contribution < -0.4 is 0 Å². The predicted molar refractivity (Wildman–Crippen MR) is 171 cm³/mol. The first kappa shape index (κ1) is 37.7. The number of carbonyl (C=O) groups excluding carboxylic acids is 3. The highest BCUT2D eigenvalue weighted by molar-refractivity contribution is 6.05. The van der Waals surface area contributed by atoms with E-state index in [0.717, 1.165) is 57.8 Å². The van der Waals surface area contributed by atoms with Crippen LogP contribution in [0.25, 0.3) is 0 Å². The molecule has 0 saturated carbocycles. The van der Waals surface area contributed by atoms with Crippen molar-refractivity contribution in [3.05, 3.63) is 34.9 Å². The van der Waals surface area contributed by atoms with Gasteiger partial charge in [0.2, 0.25) is 0 Å². The maximum absolute atomic E-state index is 13.1. The number of carbonyl (C=O) groups is 3. The summed E-state index contributed by atoms with van der Waals surface area (Å²) < 4.78 is 16.5. The van der Waals surface area contributed by atoms with Gasteiger partial charge in [0.15, 0.2) is 0 Å². The van der Waals surface area contributed by atoms with Crippen LogP contribution in [0.1, 0.15) is 169 Å². The lowest BCUT2D eigenvalue weighted by Gasteiger charge is -2.12. The summed E-state index contributed by atoms with van der Waals surface area (Å²) in [5.41, 5.74) is 0.412. The van der Waals surface area contributed by atoms with Crippen LogP contribution in [0, 0.1) is 17.8 Å². The standard InChI is InChI=1S/C36H60O6/c1-28(2)19-13-7-10-16-24-40-34(37)31-22-23-32(35(38)41-25-17-11-8-14-20-29(3)4)33(27-31)36(39)42-26-18-12-9-15-21-30(5)6/h22-23,27-30H,7-21,24-26H2,1-6H3. The fraction of sp³-hybridized carbons (Fsp3) is 0.750. The Morgan fingerprint density at radius 2 is 0.833 bits per heavy atom. The average Bonchev–Trinajstić information content (AvgIpc) is 2.94. The fourth-order valence-electron chi connectivity index (χ4n) is 4.78. The molecule has 0 unspecified atom stereocenters. The molecule has 0 aliphatic heterocycles. The maximum Gasteiger partial charge on any atom is 0.339 e. The quantitative estimate of drug-likeness (QED) is 0.0679. The van der Waals surface area contributed by atoms with Gasteiger partial charge < -0.3 is 14.2 Å². The molecule has 0 atom stereocenters. The van der Waals surface area contributed by atoms with E-state index < -0.39 is 17.9 Å². The van der Waals surface area contributed by atoms with Gasteiger partial charge in [0.1, 0.15) is 0 Å². The summed E-state index contributed by atoms with van der Waals surface area (Å²) >= 11 is 0. The Hall–Kier alpha value is -2.37. The van der Waals surface area contributed by atoms with E-state index in [4.69, 9.17) is 14.2 Å². The SMILES string of the molecule is CC(C)CCCCCCOC(=O)c1ccc(C(=O)OCCCCCCC(C)C)c(C(=O)OCCCCCCC(C)C)c1. The Balaban J connectivity index is 2.71. The van der Waals surface area contributed by atoms with E-state index in [-0.39, 0.29) is 23.3 Å². The summed E-state index contributed by atoms with van der Waals surface area (Å²) in [6.45, 7) is 14.2. The van der Waals surface area contributed by atoms with Gasteiger partial charge in [-0.25, -0.2) is 14.4 Å². The third-order valence-corrected chi connectivity index (χ3v) is 7.42. The molecule has 42 heavy (non-hydrogen) atoms. The third kappa shape index (κ3) is 18.2. The fourth-order valence-corrected chi connectivity index (χ4v) is 4.78. The number of hydrogen-bond donors (Lipinski definition) is 0. The largest absolute Gasteiger partial charge is 0.462 e. The van der Waals surface area contributed by atoms with Crippen LogP contribution in [-0.4, -0.2) is 37.7 Å². The summed E-state index contributed by atoms with van der Waals surface area (Å²) in [6, 6.07) is 4.42. The topological polar surface area (TPSA) is 78.9 Å². The van der Waals surface area contributed by atoms with Crippen molar-refractivity contribution in [2.24, 2.45) is 17.8 Å². The first-order chi connectivity index (χ1) is 20.1. The summed E-state index contributed by atoms with van der Waals surface area (Å²) in [5, 5.41) is 0. The average molecular weight is 589 g/mol. The Bertz CT molecular complexity index is 889. The van der Waals surface area contributed by atoms with Crippen molar-refractivity contribution in [2.75, 3.05) is 19.8 Å². The zero-order valence-corrected chi connectivity index (χ0v) is 27.6. The Morgan fingerprint density at radius 1 is 0.476 bits per heavy atom. The summed E-state index contributed by atoms with van der Waals surface area (Å²) in [6.07, 6.45) is 15.8. The van der Waals surface area contributed by atoms with Crippen LogP contribution in [0.15, 0.2) is 18.2 Å². The molecule has 0 heterocycles. The highest BCUT2D eigenvalue weighted by atomic mass is 16.5. The van der Waals surface area contributed by atoms with E-state index in [1.54, 1.807) is 0 Å². The molecule has 0 aliphatic carbocycles. The maximum atomic E-state index is 13.1. The lowest BCUT2D eigenvalue weighted by Crippen LogP contribution is -2.17. The van der Waals surface area contributed by atoms with Crippen LogP contribution >= 0.6 is 0 Å². The lowest BCUT2D eigenvalue weighted by atomic mass is 10.0. The number of hydrogen-bond acceptors (Lipinski definition) is 6. The van der Waals surface area contributed by atoms with Crippen LogP contribution in [0.3, 0.4) is 0 Å². The van der Waals surface area contributed by atoms with E-state index in [2.05, 4.69) is 41.5 Å². The van der Waals surface area contributed by atoms with Crippen molar-refractivity contribution < 1.29 is 28.6 Å². The van der Waals surface area contributed by atoms with E-state index in [1.165, 1.54) is 56.7 Å². The molecular weight excluding hydrogens is 528 g/mol. The second kappa shape index (κ2) is 23.1. The van der Waals surface area contributed by atoms with Crippen molar-refractivity contribution >= 4 is 17.9 Å². The number of benzene rings is 1. The smallest absolute Gasteiger partial charge is 0.339 e. The molecule has 1 rings (SSSR count). The molecule has 0 radical (unpaired) electrons. The van der Waals surface area contributed by atoms with E-state index in [1.807, 2.05) is 0 Å². The van der Waals surface area contributed by atoms with Crippen molar-refractivity contribution in [2.45, 2.75) is 138 Å². The molecule has 6 nitrogen and oxygen atoms in total. The van der Waals surface area contributed by atoms with Crippen LogP contribution in [-0.2, 0) is 14.2 Å². The highest BCUT2D eigenvalue weighted by Crippen LogP contribution is 2.18. The second-order valence-corrected chi connectivity index (χ2v) is 13.0. The van der Waals surface area contributed by atoms with Crippen LogP contribution in [0.2, 0.25) is 0 Å². The van der Waals surface area contributed by atoms with Gasteiger partial charge in [-0.2, -0.15) is 0 Å². The van der Waals surface area contributed by atoms with Gasteiger partial charge in [0, 0.05) is 0 Å².